The van der Waals surface area contributed by atoms with Crippen LogP contribution in [0.15, 0.2) is 66.7 Å². The average Bonchev–Trinajstić information content (AvgIpc) is 2.85. The number of hydrogen-bond donors (Lipinski definition) is 0. The van der Waals surface area contributed by atoms with Crippen molar-refractivity contribution in [1.29, 1.82) is 0 Å². The molecule has 3 aromatic rings. The van der Waals surface area contributed by atoms with Crippen LogP contribution in [-0.2, 0) is 17.5 Å². The second-order valence-corrected chi connectivity index (χ2v) is 8.23. The maximum atomic E-state index is 14.3. The van der Waals surface area contributed by atoms with E-state index in [-0.39, 0.29) is 18.1 Å². The van der Waals surface area contributed by atoms with Crippen LogP contribution in [0.3, 0.4) is 0 Å². The van der Waals surface area contributed by atoms with Crippen molar-refractivity contribution in [2.45, 2.75) is 12.8 Å². The summed E-state index contributed by atoms with van der Waals surface area (Å²) < 4.78 is 60.0. The normalized spacial score (nSPS) is 15.9. The molecule has 0 amide bonds. The van der Waals surface area contributed by atoms with Gasteiger partial charge in [-0.2, -0.15) is 13.2 Å². The lowest BCUT2D eigenvalue weighted by Crippen LogP contribution is -2.41. The Morgan fingerprint density at radius 2 is 1.56 bits per heavy atom. The maximum Gasteiger partial charge on any atom is 0.423 e. The third-order valence-electron chi connectivity index (χ3n) is 6.02. The summed E-state index contributed by atoms with van der Waals surface area (Å²) in [7, 11) is 0. The predicted octanol–water partition coefficient (Wildman–Crippen LogP) is 5.86. The number of nitrogens with zero attached hydrogens (tertiary/aromatic N) is 2. The fourth-order valence-electron chi connectivity index (χ4n) is 4.31. The fourth-order valence-corrected chi connectivity index (χ4v) is 4.31. The van der Waals surface area contributed by atoms with Gasteiger partial charge < -0.3 is 19.1 Å². The molecule has 5 nitrogen and oxygen atoms in total. The van der Waals surface area contributed by atoms with Gasteiger partial charge in [0.2, 0.25) is 0 Å². The topological polar surface area (TPSA) is 34.2 Å². The Hall–Kier alpha value is -3.23. The molecular formula is C26H25F3N2O3. The van der Waals surface area contributed by atoms with Gasteiger partial charge in [-0.15, -0.1) is 0 Å². The molecule has 0 bridgehead atoms. The van der Waals surface area contributed by atoms with Crippen molar-refractivity contribution in [3.8, 4) is 17.2 Å². The molecule has 3 aromatic carbocycles. The molecule has 2 heterocycles. The van der Waals surface area contributed by atoms with Crippen molar-refractivity contribution in [3.05, 3.63) is 77.9 Å². The number of hydrogen-bond acceptors (Lipinski definition) is 5. The van der Waals surface area contributed by atoms with E-state index < -0.39 is 11.7 Å². The van der Waals surface area contributed by atoms with Crippen molar-refractivity contribution in [3.63, 3.8) is 0 Å². The van der Waals surface area contributed by atoms with Crippen LogP contribution in [0.2, 0.25) is 0 Å². The van der Waals surface area contributed by atoms with Crippen molar-refractivity contribution in [2.75, 3.05) is 44.3 Å². The molecule has 0 N–H and O–H groups in total. The van der Waals surface area contributed by atoms with E-state index in [4.69, 9.17) is 14.2 Å². The Morgan fingerprint density at radius 3 is 2.32 bits per heavy atom. The zero-order valence-electron chi connectivity index (χ0n) is 18.6. The Balaban J connectivity index is 1.50. The van der Waals surface area contributed by atoms with Crippen molar-refractivity contribution < 1.29 is 27.4 Å². The van der Waals surface area contributed by atoms with Crippen LogP contribution >= 0.6 is 0 Å². The van der Waals surface area contributed by atoms with Crippen LogP contribution in [-0.4, -0.2) is 44.3 Å². The third-order valence-corrected chi connectivity index (χ3v) is 6.02. The first-order valence-corrected chi connectivity index (χ1v) is 11.3. The first-order chi connectivity index (χ1) is 16.5. The van der Waals surface area contributed by atoms with Crippen molar-refractivity contribution >= 4 is 11.4 Å². The van der Waals surface area contributed by atoms with Gasteiger partial charge in [0, 0.05) is 26.2 Å². The highest BCUT2D eigenvalue weighted by atomic mass is 19.4. The molecular weight excluding hydrogens is 445 g/mol. The third kappa shape index (κ3) is 4.69. The summed E-state index contributed by atoms with van der Waals surface area (Å²) in [4.78, 5) is 4.16. The molecule has 1 saturated heterocycles. The Bertz CT molecular complexity index is 1130. The number of benzene rings is 3. The van der Waals surface area contributed by atoms with Gasteiger partial charge >= 0.3 is 6.18 Å². The number of halogens is 3. The lowest BCUT2D eigenvalue weighted by molar-refractivity contribution is -0.140. The Labute approximate surface area is 196 Å². The van der Waals surface area contributed by atoms with Gasteiger partial charge in [0.15, 0.2) is 11.5 Å². The summed E-state index contributed by atoms with van der Waals surface area (Å²) in [6.45, 7) is 4.19. The second kappa shape index (κ2) is 9.56. The number of ether oxygens (including phenoxy) is 3. The van der Waals surface area contributed by atoms with Gasteiger partial charge in [0.25, 0.3) is 0 Å². The van der Waals surface area contributed by atoms with Gasteiger partial charge in [-0.25, -0.2) is 0 Å². The average molecular weight is 470 g/mol. The zero-order chi connectivity index (χ0) is 23.5. The molecule has 0 atom stereocenters. The van der Waals surface area contributed by atoms with E-state index in [2.05, 4.69) is 4.90 Å². The van der Waals surface area contributed by atoms with E-state index in [1.165, 1.54) is 6.07 Å². The summed E-state index contributed by atoms with van der Waals surface area (Å²) in [5.41, 5.74) is 1.01. The molecule has 0 saturated carbocycles. The summed E-state index contributed by atoms with van der Waals surface area (Å²) in [6, 6.07) is 19.3. The highest BCUT2D eigenvalue weighted by molar-refractivity contribution is 5.80. The molecule has 178 valence electrons. The quantitative estimate of drug-likeness (QED) is 0.451. The minimum Gasteiger partial charge on any atom is -0.488 e. The van der Waals surface area contributed by atoms with Crippen LogP contribution in [0.25, 0.3) is 0 Å². The van der Waals surface area contributed by atoms with E-state index in [0.29, 0.717) is 37.7 Å². The van der Waals surface area contributed by atoms with Gasteiger partial charge in [-0.1, -0.05) is 42.5 Å². The van der Waals surface area contributed by atoms with Crippen LogP contribution in [0.4, 0.5) is 24.5 Å². The molecule has 34 heavy (non-hydrogen) atoms. The van der Waals surface area contributed by atoms with Crippen LogP contribution < -0.4 is 14.4 Å². The predicted molar refractivity (Wildman–Crippen MR) is 123 cm³/mol. The first kappa shape index (κ1) is 22.6. The van der Waals surface area contributed by atoms with Crippen LogP contribution in [0.5, 0.6) is 17.2 Å². The number of alkyl halides is 3. The lowest BCUT2D eigenvalue weighted by Gasteiger charge is -2.36. The molecule has 5 rings (SSSR count). The standard InChI is InChI=1S/C26H25F3N2O3/c27-26(28,29)24-23(33-18-19-6-2-1-3-7-19)11-10-21-25(24)34-22-9-5-4-8-20(22)31(21)13-12-30-14-16-32-17-15-30/h1-11H,12-18H2. The molecule has 0 aliphatic carbocycles. The minimum atomic E-state index is -4.65. The van der Waals surface area contributed by atoms with Gasteiger partial charge in [-0.05, 0) is 29.8 Å². The summed E-state index contributed by atoms with van der Waals surface area (Å²) >= 11 is 0. The smallest absolute Gasteiger partial charge is 0.423 e. The van der Waals surface area contributed by atoms with Gasteiger partial charge in [0.1, 0.15) is 17.9 Å². The molecule has 8 heteroatoms. The monoisotopic (exact) mass is 470 g/mol. The number of rotatable bonds is 6. The maximum absolute atomic E-state index is 14.3. The number of para-hydroxylation sites is 2. The SMILES string of the molecule is FC(F)(F)c1c(OCc2ccccc2)ccc2c1Oc1ccccc1N2CCN1CCOCC1. The summed E-state index contributed by atoms with van der Waals surface area (Å²) in [5.74, 6) is -0.0796. The highest BCUT2D eigenvalue weighted by Crippen LogP contribution is 2.54. The molecule has 1 fully saturated rings. The van der Waals surface area contributed by atoms with Crippen LogP contribution in [0.1, 0.15) is 11.1 Å². The number of anilines is 2. The van der Waals surface area contributed by atoms with Gasteiger partial charge in [0.05, 0.1) is 24.6 Å². The molecule has 2 aliphatic rings. The van der Waals surface area contributed by atoms with E-state index in [1.54, 1.807) is 18.2 Å². The zero-order valence-corrected chi connectivity index (χ0v) is 18.6. The molecule has 2 aliphatic heterocycles. The largest absolute Gasteiger partial charge is 0.488 e. The van der Waals surface area contributed by atoms with E-state index in [1.807, 2.05) is 47.4 Å². The molecule has 0 spiro atoms. The number of morpholine rings is 1. The molecule has 0 aromatic heterocycles. The van der Waals surface area contributed by atoms with Crippen molar-refractivity contribution in [1.82, 2.24) is 4.90 Å². The molecule has 0 unspecified atom stereocenters. The van der Waals surface area contributed by atoms with E-state index in [0.717, 1.165) is 24.3 Å². The Morgan fingerprint density at radius 1 is 0.824 bits per heavy atom. The number of fused-ring (bicyclic) bond motifs is 2. The highest BCUT2D eigenvalue weighted by Gasteiger charge is 2.42. The fraction of sp³-hybridized carbons (Fsp3) is 0.308. The van der Waals surface area contributed by atoms with Gasteiger partial charge in [-0.3, -0.25) is 4.90 Å². The molecule has 0 radical (unpaired) electrons. The van der Waals surface area contributed by atoms with E-state index in [9.17, 15) is 13.2 Å². The summed E-state index contributed by atoms with van der Waals surface area (Å²) in [5, 5.41) is 0. The Kier molecular flexibility index (Phi) is 6.34. The van der Waals surface area contributed by atoms with Crippen molar-refractivity contribution in [2.24, 2.45) is 0 Å². The minimum absolute atomic E-state index is 0.0278. The summed E-state index contributed by atoms with van der Waals surface area (Å²) in [6.07, 6.45) is -4.65. The second-order valence-electron chi connectivity index (χ2n) is 8.23. The van der Waals surface area contributed by atoms with Crippen LogP contribution in [0, 0.1) is 0 Å². The van der Waals surface area contributed by atoms with E-state index >= 15 is 0 Å². The first-order valence-electron chi connectivity index (χ1n) is 11.3. The lowest BCUT2D eigenvalue weighted by atomic mass is 10.1.